The lowest BCUT2D eigenvalue weighted by Crippen LogP contribution is -2.16. The number of imidazole rings is 1. The van der Waals surface area contributed by atoms with E-state index in [9.17, 15) is 4.39 Å². The molecule has 5 rings (SSSR count). The third kappa shape index (κ3) is 3.10. The molecule has 0 amide bonds. The van der Waals surface area contributed by atoms with E-state index in [1.165, 1.54) is 12.1 Å². The number of nitrogens with zero attached hydrogens (tertiary/aromatic N) is 4. The van der Waals surface area contributed by atoms with Gasteiger partial charge in [-0.1, -0.05) is 0 Å². The molecule has 7 heteroatoms. The van der Waals surface area contributed by atoms with Gasteiger partial charge in [0.1, 0.15) is 17.7 Å². The molecule has 1 aromatic carbocycles. The fraction of sp³-hybridized carbons (Fsp3) is 0.190. The molecular formula is C21H17FN4O2. The van der Waals surface area contributed by atoms with E-state index in [2.05, 4.69) is 9.97 Å². The Labute approximate surface area is 160 Å². The summed E-state index contributed by atoms with van der Waals surface area (Å²) in [5.74, 6) is 0.982. The number of fused-ring (bicyclic) bond motifs is 1. The van der Waals surface area contributed by atoms with Gasteiger partial charge < -0.3 is 9.47 Å². The molecule has 0 saturated carbocycles. The molecule has 0 bridgehead atoms. The predicted molar refractivity (Wildman–Crippen MR) is 102 cm³/mol. The first-order valence-electron chi connectivity index (χ1n) is 9.07. The van der Waals surface area contributed by atoms with Crippen LogP contribution in [0.5, 0.6) is 5.88 Å². The summed E-state index contributed by atoms with van der Waals surface area (Å²) in [6.07, 6.45) is 6.11. The Morgan fingerprint density at radius 1 is 1.07 bits per heavy atom. The smallest absolute Gasteiger partial charge is 0.213 e. The van der Waals surface area contributed by atoms with Gasteiger partial charge in [0.2, 0.25) is 5.88 Å². The molecule has 140 valence electrons. The Balaban J connectivity index is 1.56. The van der Waals surface area contributed by atoms with Crippen LogP contribution in [0.3, 0.4) is 0 Å². The zero-order valence-electron chi connectivity index (χ0n) is 15.0. The summed E-state index contributed by atoms with van der Waals surface area (Å²) in [7, 11) is 0. The van der Waals surface area contributed by atoms with E-state index in [0.29, 0.717) is 18.3 Å². The van der Waals surface area contributed by atoms with E-state index in [1.54, 1.807) is 30.7 Å². The van der Waals surface area contributed by atoms with Crippen molar-refractivity contribution in [3.8, 4) is 23.0 Å². The lowest BCUT2D eigenvalue weighted by atomic mass is 10.2. The average Bonchev–Trinajstić information content (AvgIpc) is 3.37. The summed E-state index contributed by atoms with van der Waals surface area (Å²) in [4.78, 5) is 13.4. The molecule has 1 saturated heterocycles. The monoisotopic (exact) mass is 376 g/mol. The number of hydrogen-bond acceptors (Lipinski definition) is 5. The summed E-state index contributed by atoms with van der Waals surface area (Å²) in [6.45, 7) is 1.31. The van der Waals surface area contributed by atoms with Gasteiger partial charge in [0.15, 0.2) is 0 Å². The van der Waals surface area contributed by atoms with Gasteiger partial charge in [-0.3, -0.25) is 9.55 Å². The summed E-state index contributed by atoms with van der Waals surface area (Å²) >= 11 is 0. The number of ether oxygens (including phenoxy) is 2. The molecule has 0 radical (unpaired) electrons. The van der Waals surface area contributed by atoms with Crippen LogP contribution in [0.4, 0.5) is 4.39 Å². The van der Waals surface area contributed by atoms with E-state index >= 15 is 0 Å². The second-order valence-corrected chi connectivity index (χ2v) is 6.60. The summed E-state index contributed by atoms with van der Waals surface area (Å²) in [6, 6.07) is 11.9. The summed E-state index contributed by atoms with van der Waals surface area (Å²) in [5, 5.41) is 0. The minimum Gasteiger partial charge on any atom is -0.472 e. The maximum Gasteiger partial charge on any atom is 0.213 e. The van der Waals surface area contributed by atoms with Crippen molar-refractivity contribution < 1.29 is 13.9 Å². The SMILES string of the molecule is Fc1ccc(-n2c(-c3ccc(OC4CCOC4)nc3)nc3ccncc32)cc1. The van der Waals surface area contributed by atoms with Gasteiger partial charge in [0, 0.05) is 36.1 Å². The van der Waals surface area contributed by atoms with Crippen LogP contribution in [0.1, 0.15) is 6.42 Å². The van der Waals surface area contributed by atoms with Crippen molar-refractivity contribution in [2.24, 2.45) is 0 Å². The molecule has 1 atom stereocenters. The number of hydrogen-bond donors (Lipinski definition) is 0. The molecule has 4 aromatic rings. The Morgan fingerprint density at radius 3 is 2.71 bits per heavy atom. The molecule has 1 unspecified atom stereocenters. The van der Waals surface area contributed by atoms with E-state index in [4.69, 9.17) is 14.5 Å². The van der Waals surface area contributed by atoms with Crippen LogP contribution in [0.15, 0.2) is 61.1 Å². The number of benzene rings is 1. The van der Waals surface area contributed by atoms with Crippen LogP contribution in [-0.4, -0.2) is 38.8 Å². The van der Waals surface area contributed by atoms with Gasteiger partial charge in [-0.05, 0) is 36.4 Å². The standard InChI is InChI=1S/C21H17FN4O2/c22-15-2-4-16(5-3-15)26-19-12-23-9-7-18(19)25-21(26)14-1-6-20(24-11-14)28-17-8-10-27-13-17/h1-7,9,11-12,17H,8,10,13H2. The Bertz CT molecular complexity index is 1100. The molecule has 0 spiro atoms. The quantitative estimate of drug-likeness (QED) is 0.542. The first kappa shape index (κ1) is 16.8. The van der Waals surface area contributed by atoms with Crippen LogP contribution in [0.2, 0.25) is 0 Å². The second kappa shape index (κ2) is 7.01. The van der Waals surface area contributed by atoms with Gasteiger partial charge in [-0.15, -0.1) is 0 Å². The lowest BCUT2D eigenvalue weighted by molar-refractivity contribution is 0.138. The van der Waals surface area contributed by atoms with Crippen LogP contribution < -0.4 is 4.74 Å². The topological polar surface area (TPSA) is 62.1 Å². The fourth-order valence-corrected chi connectivity index (χ4v) is 3.33. The first-order valence-corrected chi connectivity index (χ1v) is 9.07. The Morgan fingerprint density at radius 2 is 1.96 bits per heavy atom. The van der Waals surface area contributed by atoms with Crippen molar-refractivity contribution >= 4 is 11.0 Å². The van der Waals surface area contributed by atoms with E-state index in [0.717, 1.165) is 35.3 Å². The first-order chi connectivity index (χ1) is 13.8. The third-order valence-electron chi connectivity index (χ3n) is 4.71. The normalized spacial score (nSPS) is 16.5. The van der Waals surface area contributed by atoms with Crippen molar-refractivity contribution in [1.29, 1.82) is 0 Å². The third-order valence-corrected chi connectivity index (χ3v) is 4.71. The van der Waals surface area contributed by atoms with Gasteiger partial charge in [0.05, 0.1) is 30.4 Å². The fourth-order valence-electron chi connectivity index (χ4n) is 3.33. The zero-order valence-corrected chi connectivity index (χ0v) is 15.0. The zero-order chi connectivity index (χ0) is 18.9. The molecule has 3 aromatic heterocycles. The second-order valence-electron chi connectivity index (χ2n) is 6.60. The van der Waals surface area contributed by atoms with Crippen LogP contribution >= 0.6 is 0 Å². The van der Waals surface area contributed by atoms with Crippen molar-refractivity contribution in [3.63, 3.8) is 0 Å². The summed E-state index contributed by atoms with van der Waals surface area (Å²) < 4.78 is 26.5. The molecule has 1 aliphatic rings. The van der Waals surface area contributed by atoms with Crippen LogP contribution in [-0.2, 0) is 4.74 Å². The number of rotatable bonds is 4. The largest absolute Gasteiger partial charge is 0.472 e. The molecule has 0 aliphatic carbocycles. The Kier molecular flexibility index (Phi) is 4.21. The highest BCUT2D eigenvalue weighted by Crippen LogP contribution is 2.29. The van der Waals surface area contributed by atoms with Crippen molar-refractivity contribution in [2.75, 3.05) is 13.2 Å². The number of aromatic nitrogens is 4. The minimum atomic E-state index is -0.285. The van der Waals surface area contributed by atoms with E-state index < -0.39 is 0 Å². The number of pyridine rings is 2. The van der Waals surface area contributed by atoms with Crippen LogP contribution in [0.25, 0.3) is 28.1 Å². The van der Waals surface area contributed by atoms with Crippen molar-refractivity contribution in [1.82, 2.24) is 19.5 Å². The molecule has 1 aliphatic heterocycles. The highest BCUT2D eigenvalue weighted by Gasteiger charge is 2.19. The Hall–Kier alpha value is -3.32. The molecule has 4 heterocycles. The maximum atomic E-state index is 13.4. The van der Waals surface area contributed by atoms with Gasteiger partial charge in [-0.25, -0.2) is 14.4 Å². The predicted octanol–water partition coefficient (Wildman–Crippen LogP) is 3.79. The highest BCUT2D eigenvalue weighted by molar-refractivity contribution is 5.82. The van der Waals surface area contributed by atoms with Gasteiger partial charge in [-0.2, -0.15) is 0 Å². The minimum absolute atomic E-state index is 0.0493. The molecule has 1 fully saturated rings. The van der Waals surface area contributed by atoms with E-state index in [-0.39, 0.29) is 11.9 Å². The van der Waals surface area contributed by atoms with Crippen molar-refractivity contribution in [3.05, 3.63) is 66.9 Å². The molecule has 28 heavy (non-hydrogen) atoms. The number of halogens is 1. The average molecular weight is 376 g/mol. The van der Waals surface area contributed by atoms with Crippen molar-refractivity contribution in [2.45, 2.75) is 12.5 Å². The summed E-state index contributed by atoms with van der Waals surface area (Å²) in [5.41, 5.74) is 3.27. The maximum absolute atomic E-state index is 13.4. The molecule has 6 nitrogen and oxygen atoms in total. The van der Waals surface area contributed by atoms with Gasteiger partial charge in [0.25, 0.3) is 0 Å². The van der Waals surface area contributed by atoms with Gasteiger partial charge >= 0.3 is 0 Å². The van der Waals surface area contributed by atoms with E-state index in [1.807, 2.05) is 22.8 Å². The lowest BCUT2D eigenvalue weighted by Gasteiger charge is -2.12. The van der Waals surface area contributed by atoms with Crippen LogP contribution in [0, 0.1) is 5.82 Å². The molecule has 0 N–H and O–H groups in total. The molecular weight excluding hydrogens is 359 g/mol. The highest BCUT2D eigenvalue weighted by atomic mass is 19.1.